The van der Waals surface area contributed by atoms with Gasteiger partial charge in [-0.05, 0) is 56.2 Å². The maximum atomic E-state index is 14.1. The Labute approximate surface area is 193 Å². The first-order valence-electron chi connectivity index (χ1n) is 10.9. The molecule has 34 heavy (non-hydrogen) atoms. The number of aromatic nitrogens is 2. The third-order valence-electron chi connectivity index (χ3n) is 6.30. The smallest absolute Gasteiger partial charge is 0.366 e. The Morgan fingerprint density at radius 1 is 1.03 bits per heavy atom. The number of para-hydroxylation sites is 1. The van der Waals surface area contributed by atoms with Crippen molar-refractivity contribution in [3.63, 3.8) is 0 Å². The van der Waals surface area contributed by atoms with Gasteiger partial charge in [0.15, 0.2) is 0 Å². The van der Waals surface area contributed by atoms with Crippen molar-refractivity contribution in [1.29, 1.82) is 0 Å². The number of anilines is 1. The lowest BCUT2D eigenvalue weighted by Gasteiger charge is -2.37. The quantitative estimate of drug-likeness (QED) is 0.535. The van der Waals surface area contributed by atoms with Crippen molar-refractivity contribution in [3.05, 3.63) is 69.4 Å². The van der Waals surface area contributed by atoms with Crippen LogP contribution < -0.4 is 10.5 Å². The van der Waals surface area contributed by atoms with E-state index in [1.807, 2.05) is 4.90 Å². The van der Waals surface area contributed by atoms with Crippen molar-refractivity contribution in [2.45, 2.75) is 33.0 Å². The molecule has 1 aliphatic heterocycles. The molecule has 0 bridgehead atoms. The normalized spacial score (nSPS) is 15.6. The van der Waals surface area contributed by atoms with Crippen LogP contribution in [-0.4, -0.2) is 46.5 Å². The Balaban J connectivity index is 1.67. The molecule has 10 heteroatoms. The van der Waals surface area contributed by atoms with Gasteiger partial charge in [-0.15, -0.1) is 0 Å². The van der Waals surface area contributed by atoms with Gasteiger partial charge < -0.3 is 9.80 Å². The summed E-state index contributed by atoms with van der Waals surface area (Å²) in [6.07, 6.45) is -4.96. The minimum absolute atomic E-state index is 0.000882. The van der Waals surface area contributed by atoms with Crippen molar-refractivity contribution in [2.24, 2.45) is 0 Å². The van der Waals surface area contributed by atoms with Gasteiger partial charge in [-0.1, -0.05) is 12.1 Å². The molecule has 1 amide bonds. The van der Waals surface area contributed by atoms with Gasteiger partial charge in [0.2, 0.25) is 11.6 Å². The number of piperazine rings is 1. The van der Waals surface area contributed by atoms with Gasteiger partial charge in [-0.3, -0.25) is 14.2 Å². The molecule has 0 aliphatic carbocycles. The molecule has 0 unspecified atom stereocenters. The minimum atomic E-state index is -4.96. The van der Waals surface area contributed by atoms with E-state index in [4.69, 9.17) is 0 Å². The lowest BCUT2D eigenvalue weighted by Crippen LogP contribution is -2.51. The Hall–Kier alpha value is -3.43. The molecular formula is C24H24F4N4O2. The predicted molar refractivity (Wildman–Crippen MR) is 120 cm³/mol. The average molecular weight is 476 g/mol. The maximum Gasteiger partial charge on any atom is 0.438 e. The van der Waals surface area contributed by atoms with E-state index in [2.05, 4.69) is 4.98 Å². The van der Waals surface area contributed by atoms with Gasteiger partial charge in [0, 0.05) is 26.2 Å². The van der Waals surface area contributed by atoms with Crippen LogP contribution in [0.1, 0.15) is 29.8 Å². The lowest BCUT2D eigenvalue weighted by atomic mass is 10.1. The number of carbonyl (C=O) groups is 1. The number of carbonyl (C=O) groups excluding carboxylic acids is 1. The molecule has 0 spiro atoms. The number of amides is 1. The highest BCUT2D eigenvalue weighted by Gasteiger charge is 2.39. The zero-order valence-electron chi connectivity index (χ0n) is 19.0. The first-order chi connectivity index (χ1) is 16.0. The number of benzene rings is 2. The Morgan fingerprint density at radius 3 is 2.26 bits per heavy atom. The SMILES string of the molecule is Cc1cc2nc(C(F)(F)F)c(=O)n([C@@H](C)C(=O)N3CCN(c4ccccc4F)CC3)c2cc1C. The highest BCUT2D eigenvalue weighted by atomic mass is 19.4. The van der Waals surface area contributed by atoms with Crippen LogP contribution in [0.15, 0.2) is 41.2 Å². The summed E-state index contributed by atoms with van der Waals surface area (Å²) in [6.45, 7) is 6.15. The molecule has 1 saturated heterocycles. The molecule has 0 saturated carbocycles. The molecule has 2 aromatic carbocycles. The third kappa shape index (κ3) is 4.24. The number of fused-ring (bicyclic) bond motifs is 1. The number of nitrogens with zero attached hydrogens (tertiary/aromatic N) is 4. The summed E-state index contributed by atoms with van der Waals surface area (Å²) in [5.74, 6) is -0.843. The molecule has 180 valence electrons. The first kappa shape index (κ1) is 23.7. The number of alkyl halides is 3. The zero-order valence-corrected chi connectivity index (χ0v) is 19.0. The van der Waals surface area contributed by atoms with Crippen LogP contribution in [0.25, 0.3) is 11.0 Å². The van der Waals surface area contributed by atoms with Gasteiger partial charge in [0.1, 0.15) is 11.9 Å². The summed E-state index contributed by atoms with van der Waals surface area (Å²) in [4.78, 5) is 33.1. The topological polar surface area (TPSA) is 58.4 Å². The second-order valence-corrected chi connectivity index (χ2v) is 8.50. The van der Waals surface area contributed by atoms with Crippen molar-refractivity contribution in [2.75, 3.05) is 31.1 Å². The fourth-order valence-corrected chi connectivity index (χ4v) is 4.28. The highest BCUT2D eigenvalue weighted by Crippen LogP contribution is 2.29. The first-order valence-corrected chi connectivity index (χ1v) is 10.9. The fourth-order valence-electron chi connectivity index (χ4n) is 4.28. The Kier molecular flexibility index (Phi) is 6.09. The molecule has 1 fully saturated rings. The van der Waals surface area contributed by atoms with E-state index in [1.165, 1.54) is 24.0 Å². The molecule has 1 aromatic heterocycles. The molecule has 4 rings (SSSR count). The number of hydrogen-bond donors (Lipinski definition) is 0. The Morgan fingerprint density at radius 2 is 1.65 bits per heavy atom. The van der Waals surface area contributed by atoms with E-state index < -0.39 is 29.4 Å². The number of halogens is 4. The molecule has 1 atom stereocenters. The van der Waals surface area contributed by atoms with Gasteiger partial charge >= 0.3 is 6.18 Å². The van der Waals surface area contributed by atoms with Gasteiger partial charge in [-0.25, -0.2) is 9.37 Å². The fraction of sp³-hybridized carbons (Fsp3) is 0.375. The predicted octanol–water partition coefficient (Wildman–Crippen LogP) is 4.08. The summed E-state index contributed by atoms with van der Waals surface area (Å²) in [5, 5.41) is 0. The van der Waals surface area contributed by atoms with Crippen LogP contribution in [-0.2, 0) is 11.0 Å². The zero-order chi connectivity index (χ0) is 24.8. The molecule has 3 aromatic rings. The molecule has 6 nitrogen and oxygen atoms in total. The third-order valence-corrected chi connectivity index (χ3v) is 6.30. The van der Waals surface area contributed by atoms with E-state index in [0.29, 0.717) is 18.8 Å². The molecule has 0 radical (unpaired) electrons. The highest BCUT2D eigenvalue weighted by molar-refractivity contribution is 5.84. The lowest BCUT2D eigenvalue weighted by molar-refractivity contribution is -0.143. The maximum absolute atomic E-state index is 14.1. The Bertz CT molecular complexity index is 1310. The second kappa shape index (κ2) is 8.73. The van der Waals surface area contributed by atoms with Crippen LogP contribution in [0, 0.1) is 19.7 Å². The minimum Gasteiger partial charge on any atom is -0.366 e. The van der Waals surface area contributed by atoms with Crippen LogP contribution in [0.5, 0.6) is 0 Å². The standard InChI is InChI=1S/C24H24F4N4O2/c1-14-12-18-20(13-15(14)2)32(23(34)21(29-18)24(26,27)28)16(3)22(33)31-10-8-30(9-11-31)19-7-5-4-6-17(19)25/h4-7,12-13,16H,8-11H2,1-3H3/t16-/m0/s1. The largest absolute Gasteiger partial charge is 0.438 e. The molecule has 2 heterocycles. The van der Waals surface area contributed by atoms with E-state index in [9.17, 15) is 27.2 Å². The summed E-state index contributed by atoms with van der Waals surface area (Å²) < 4.78 is 55.8. The second-order valence-electron chi connectivity index (χ2n) is 8.50. The van der Waals surface area contributed by atoms with Crippen molar-refractivity contribution >= 4 is 22.6 Å². The van der Waals surface area contributed by atoms with Gasteiger partial charge in [0.05, 0.1) is 16.7 Å². The molecule has 0 N–H and O–H groups in total. The van der Waals surface area contributed by atoms with Crippen LogP contribution in [0.4, 0.5) is 23.2 Å². The van der Waals surface area contributed by atoms with Crippen molar-refractivity contribution in [1.82, 2.24) is 14.5 Å². The van der Waals surface area contributed by atoms with Crippen molar-refractivity contribution < 1.29 is 22.4 Å². The average Bonchev–Trinajstić information content (AvgIpc) is 2.79. The van der Waals surface area contributed by atoms with Crippen LogP contribution >= 0.6 is 0 Å². The number of aryl methyl sites for hydroxylation is 2. The number of rotatable bonds is 3. The van der Waals surface area contributed by atoms with Gasteiger partial charge in [0.25, 0.3) is 5.56 Å². The van der Waals surface area contributed by atoms with E-state index in [0.717, 1.165) is 15.7 Å². The van der Waals surface area contributed by atoms with E-state index in [1.54, 1.807) is 38.1 Å². The summed E-state index contributed by atoms with van der Waals surface area (Å²) >= 11 is 0. The summed E-state index contributed by atoms with van der Waals surface area (Å²) in [5.41, 5.74) is -0.811. The van der Waals surface area contributed by atoms with Crippen LogP contribution in [0.3, 0.4) is 0 Å². The van der Waals surface area contributed by atoms with E-state index in [-0.39, 0.29) is 29.9 Å². The molecular weight excluding hydrogens is 452 g/mol. The van der Waals surface area contributed by atoms with Gasteiger partial charge in [-0.2, -0.15) is 13.2 Å². The monoisotopic (exact) mass is 476 g/mol. The number of hydrogen-bond acceptors (Lipinski definition) is 4. The summed E-state index contributed by atoms with van der Waals surface area (Å²) in [6, 6.07) is 8.22. The molecule has 1 aliphatic rings. The van der Waals surface area contributed by atoms with E-state index >= 15 is 0 Å². The van der Waals surface area contributed by atoms with Crippen molar-refractivity contribution in [3.8, 4) is 0 Å². The summed E-state index contributed by atoms with van der Waals surface area (Å²) in [7, 11) is 0. The van der Waals surface area contributed by atoms with Crippen LogP contribution in [0.2, 0.25) is 0 Å².